The average Bonchev–Trinajstić information content (AvgIpc) is 2.76. The molecule has 0 aliphatic carbocycles. The third kappa shape index (κ3) is 2.14. The van der Waals surface area contributed by atoms with Gasteiger partial charge >= 0.3 is 0 Å². The van der Waals surface area contributed by atoms with Gasteiger partial charge in [0.1, 0.15) is 0 Å². The van der Waals surface area contributed by atoms with E-state index >= 15 is 0 Å². The molecule has 0 spiro atoms. The van der Waals surface area contributed by atoms with Crippen LogP contribution >= 0.6 is 11.3 Å². The number of hydrogen-bond donors (Lipinski definition) is 0. The second kappa shape index (κ2) is 3.98. The van der Waals surface area contributed by atoms with Crippen molar-refractivity contribution in [1.29, 1.82) is 0 Å². The molecular formula is C9H11NO2S. The first-order valence-electron chi connectivity index (χ1n) is 4.40. The van der Waals surface area contributed by atoms with Crippen LogP contribution in [0.3, 0.4) is 0 Å². The highest BCUT2D eigenvalue weighted by atomic mass is 32.1. The summed E-state index contributed by atoms with van der Waals surface area (Å²) < 4.78 is 5.48. The molecule has 1 unspecified atom stereocenters. The van der Waals surface area contributed by atoms with Crippen molar-refractivity contribution in [3.63, 3.8) is 0 Å². The predicted octanol–water partition coefficient (Wildman–Crippen LogP) is 1.68. The minimum absolute atomic E-state index is 0.325. The first kappa shape index (κ1) is 8.84. The van der Waals surface area contributed by atoms with E-state index in [9.17, 15) is 4.79 Å². The van der Waals surface area contributed by atoms with Gasteiger partial charge in [-0.1, -0.05) is 0 Å². The van der Waals surface area contributed by atoms with Gasteiger partial charge in [0, 0.05) is 19.2 Å². The van der Waals surface area contributed by atoms with Crippen molar-refractivity contribution in [3.05, 3.63) is 16.1 Å². The zero-order valence-electron chi connectivity index (χ0n) is 7.23. The van der Waals surface area contributed by atoms with E-state index in [2.05, 4.69) is 4.98 Å². The number of aldehydes is 1. The maximum atomic E-state index is 10.4. The van der Waals surface area contributed by atoms with Crippen LogP contribution in [0.4, 0.5) is 0 Å². The Balaban J connectivity index is 1.96. The first-order chi connectivity index (χ1) is 6.38. The van der Waals surface area contributed by atoms with E-state index in [0.29, 0.717) is 11.0 Å². The molecule has 3 nitrogen and oxygen atoms in total. The Bertz CT molecular complexity index is 292. The summed E-state index contributed by atoms with van der Waals surface area (Å²) in [5, 5.41) is 1.01. The minimum Gasteiger partial charge on any atom is -0.378 e. The van der Waals surface area contributed by atoms with E-state index in [1.807, 2.05) is 0 Å². The van der Waals surface area contributed by atoms with Crippen LogP contribution < -0.4 is 0 Å². The van der Waals surface area contributed by atoms with Crippen molar-refractivity contribution in [2.24, 2.45) is 0 Å². The SMILES string of the molecule is O=Cc1cnc(CC2CCCO2)s1. The fraction of sp³-hybridized carbons (Fsp3) is 0.556. The standard InChI is InChI=1S/C9H11NO2S/c11-6-8-5-10-9(13-8)4-7-2-1-3-12-7/h5-7H,1-4H2. The lowest BCUT2D eigenvalue weighted by atomic mass is 10.2. The Kier molecular flexibility index (Phi) is 2.71. The zero-order chi connectivity index (χ0) is 9.10. The molecular weight excluding hydrogens is 186 g/mol. The lowest BCUT2D eigenvalue weighted by molar-refractivity contribution is 0.111. The molecule has 2 rings (SSSR count). The second-order valence-corrected chi connectivity index (χ2v) is 4.26. The summed E-state index contributed by atoms with van der Waals surface area (Å²) in [6, 6.07) is 0. The summed E-state index contributed by atoms with van der Waals surface area (Å²) in [6.07, 6.45) is 5.93. The number of thiazole rings is 1. The number of ether oxygens (including phenoxy) is 1. The van der Waals surface area contributed by atoms with Crippen LogP contribution in [-0.2, 0) is 11.2 Å². The van der Waals surface area contributed by atoms with E-state index in [0.717, 1.165) is 37.2 Å². The number of carbonyl (C=O) groups excluding carboxylic acids is 1. The number of rotatable bonds is 3. The number of aromatic nitrogens is 1. The first-order valence-corrected chi connectivity index (χ1v) is 5.21. The number of nitrogens with zero attached hydrogens (tertiary/aromatic N) is 1. The smallest absolute Gasteiger partial charge is 0.161 e. The summed E-state index contributed by atoms with van der Waals surface area (Å²) in [5.74, 6) is 0. The Morgan fingerprint density at radius 3 is 3.31 bits per heavy atom. The monoisotopic (exact) mass is 197 g/mol. The van der Waals surface area contributed by atoms with Crippen LogP contribution in [0.15, 0.2) is 6.20 Å². The molecule has 1 atom stereocenters. The van der Waals surface area contributed by atoms with Gasteiger partial charge in [0.05, 0.1) is 16.0 Å². The van der Waals surface area contributed by atoms with E-state index < -0.39 is 0 Å². The molecule has 1 fully saturated rings. The highest BCUT2D eigenvalue weighted by molar-refractivity contribution is 7.13. The molecule has 0 aromatic carbocycles. The molecule has 0 bridgehead atoms. The molecule has 0 saturated carbocycles. The van der Waals surface area contributed by atoms with Crippen LogP contribution in [0.1, 0.15) is 27.5 Å². The van der Waals surface area contributed by atoms with Gasteiger partial charge < -0.3 is 4.74 Å². The van der Waals surface area contributed by atoms with Crippen molar-refractivity contribution < 1.29 is 9.53 Å². The quantitative estimate of drug-likeness (QED) is 0.692. The molecule has 0 amide bonds. The van der Waals surface area contributed by atoms with Crippen molar-refractivity contribution in [1.82, 2.24) is 4.98 Å². The van der Waals surface area contributed by atoms with E-state index in [4.69, 9.17) is 4.74 Å². The summed E-state index contributed by atoms with van der Waals surface area (Å²) in [6.45, 7) is 0.872. The predicted molar refractivity (Wildman–Crippen MR) is 50.2 cm³/mol. The van der Waals surface area contributed by atoms with Gasteiger partial charge in [-0.15, -0.1) is 11.3 Å². The Morgan fingerprint density at radius 2 is 2.69 bits per heavy atom. The van der Waals surface area contributed by atoms with Gasteiger partial charge in [-0.25, -0.2) is 4.98 Å². The Labute approximate surface area is 80.8 Å². The topological polar surface area (TPSA) is 39.2 Å². The van der Waals surface area contributed by atoms with Crippen LogP contribution in [0.2, 0.25) is 0 Å². The summed E-state index contributed by atoms with van der Waals surface area (Å²) >= 11 is 1.46. The summed E-state index contributed by atoms with van der Waals surface area (Å²) in [7, 11) is 0. The third-order valence-corrected chi connectivity index (χ3v) is 3.06. The highest BCUT2D eigenvalue weighted by Gasteiger charge is 2.17. The molecule has 1 aliphatic heterocycles. The molecule has 4 heteroatoms. The van der Waals surface area contributed by atoms with Gasteiger partial charge in [-0.2, -0.15) is 0 Å². The number of hydrogen-bond acceptors (Lipinski definition) is 4. The fourth-order valence-corrected chi connectivity index (χ4v) is 2.27. The van der Waals surface area contributed by atoms with Crippen LogP contribution in [0.5, 0.6) is 0 Å². The van der Waals surface area contributed by atoms with Crippen LogP contribution in [0, 0.1) is 0 Å². The maximum Gasteiger partial charge on any atom is 0.161 e. The molecule has 2 heterocycles. The van der Waals surface area contributed by atoms with Crippen molar-refractivity contribution in [3.8, 4) is 0 Å². The van der Waals surface area contributed by atoms with Gasteiger partial charge in [0.15, 0.2) is 6.29 Å². The lowest BCUT2D eigenvalue weighted by Crippen LogP contribution is -2.08. The van der Waals surface area contributed by atoms with Crippen molar-refractivity contribution >= 4 is 17.6 Å². The van der Waals surface area contributed by atoms with Crippen LogP contribution in [-0.4, -0.2) is 24.0 Å². The fourth-order valence-electron chi connectivity index (χ4n) is 1.47. The van der Waals surface area contributed by atoms with E-state index in [1.54, 1.807) is 6.20 Å². The summed E-state index contributed by atoms with van der Waals surface area (Å²) in [4.78, 5) is 15.3. The molecule has 70 valence electrons. The zero-order valence-corrected chi connectivity index (χ0v) is 8.05. The van der Waals surface area contributed by atoms with Gasteiger partial charge in [-0.3, -0.25) is 4.79 Å². The molecule has 0 N–H and O–H groups in total. The van der Waals surface area contributed by atoms with Crippen molar-refractivity contribution in [2.75, 3.05) is 6.61 Å². The molecule has 1 aromatic heterocycles. The summed E-state index contributed by atoms with van der Waals surface area (Å²) in [5.41, 5.74) is 0. The molecule has 1 aromatic rings. The lowest BCUT2D eigenvalue weighted by Gasteiger charge is -2.04. The van der Waals surface area contributed by atoms with E-state index in [1.165, 1.54) is 11.3 Å². The minimum atomic E-state index is 0.325. The normalized spacial score (nSPS) is 22.0. The second-order valence-electron chi connectivity index (χ2n) is 3.11. The van der Waals surface area contributed by atoms with Crippen molar-refractivity contribution in [2.45, 2.75) is 25.4 Å². The largest absolute Gasteiger partial charge is 0.378 e. The average molecular weight is 197 g/mol. The van der Waals surface area contributed by atoms with Gasteiger partial charge in [0.25, 0.3) is 0 Å². The Morgan fingerprint density at radius 1 is 1.77 bits per heavy atom. The van der Waals surface area contributed by atoms with Gasteiger partial charge in [-0.05, 0) is 12.8 Å². The molecule has 0 radical (unpaired) electrons. The van der Waals surface area contributed by atoms with Gasteiger partial charge in [0.2, 0.25) is 0 Å². The van der Waals surface area contributed by atoms with Crippen LogP contribution in [0.25, 0.3) is 0 Å². The maximum absolute atomic E-state index is 10.4. The molecule has 13 heavy (non-hydrogen) atoms. The number of carbonyl (C=O) groups is 1. The molecule has 1 aliphatic rings. The Hall–Kier alpha value is -0.740. The molecule has 1 saturated heterocycles. The van der Waals surface area contributed by atoms with E-state index in [-0.39, 0.29) is 0 Å². The third-order valence-electron chi connectivity index (χ3n) is 2.11. The highest BCUT2D eigenvalue weighted by Crippen LogP contribution is 2.19.